The smallest absolute Gasteiger partial charge is 0.290 e. The number of aromatic nitrogens is 3. The first kappa shape index (κ1) is 11.8. The Hall–Kier alpha value is -2.63. The fraction of sp³-hybridized carbons (Fsp3) is 0.0833. The molecule has 0 saturated carbocycles. The van der Waals surface area contributed by atoms with Crippen LogP contribution in [-0.2, 0) is 0 Å². The van der Waals surface area contributed by atoms with Crippen LogP contribution in [0.3, 0.4) is 0 Å². The van der Waals surface area contributed by atoms with E-state index in [1.165, 1.54) is 0 Å². The maximum absolute atomic E-state index is 11.7. The van der Waals surface area contributed by atoms with Crippen LogP contribution in [0.2, 0.25) is 0 Å². The molecular formula is C12H13N5O. The Morgan fingerprint density at radius 2 is 2.06 bits per heavy atom. The summed E-state index contributed by atoms with van der Waals surface area (Å²) >= 11 is 0. The Morgan fingerprint density at radius 3 is 2.67 bits per heavy atom. The van der Waals surface area contributed by atoms with Crippen molar-refractivity contribution in [2.75, 3.05) is 0 Å². The molecule has 0 fully saturated rings. The molecule has 6 nitrogen and oxygen atoms in total. The largest absolute Gasteiger partial charge is 0.298 e. The number of pyridine rings is 1. The lowest BCUT2D eigenvalue weighted by Crippen LogP contribution is -2.36. The van der Waals surface area contributed by atoms with Gasteiger partial charge in [0.05, 0.1) is 5.70 Å². The van der Waals surface area contributed by atoms with Crippen LogP contribution in [0.15, 0.2) is 37.2 Å². The fourth-order valence-corrected chi connectivity index (χ4v) is 1.36. The van der Waals surface area contributed by atoms with E-state index in [1.807, 2.05) is 6.92 Å². The zero-order valence-corrected chi connectivity index (χ0v) is 9.90. The average molecular weight is 243 g/mol. The first-order valence-corrected chi connectivity index (χ1v) is 5.34. The number of nitrogens with one attached hydrogen (secondary N) is 3. The average Bonchev–Trinajstić information content (AvgIpc) is 2.83. The van der Waals surface area contributed by atoms with E-state index in [9.17, 15) is 4.79 Å². The lowest BCUT2D eigenvalue weighted by Gasteiger charge is -2.09. The second-order valence-electron chi connectivity index (χ2n) is 3.73. The van der Waals surface area contributed by atoms with E-state index >= 15 is 0 Å². The van der Waals surface area contributed by atoms with E-state index in [4.69, 9.17) is 0 Å². The van der Waals surface area contributed by atoms with E-state index in [1.54, 1.807) is 30.6 Å². The van der Waals surface area contributed by atoms with Crippen molar-refractivity contribution in [3.05, 3.63) is 54.1 Å². The molecule has 0 saturated heterocycles. The Morgan fingerprint density at radius 1 is 1.33 bits per heavy atom. The SMILES string of the molecule is C=C(NNC(=O)c1cc(C)[nH]n1)c1ccncc1. The zero-order chi connectivity index (χ0) is 13.0. The number of H-pyrrole nitrogens is 1. The van der Waals surface area contributed by atoms with E-state index in [0.29, 0.717) is 11.4 Å². The fourth-order valence-electron chi connectivity index (χ4n) is 1.36. The van der Waals surface area contributed by atoms with E-state index in [0.717, 1.165) is 11.3 Å². The number of nitrogens with zero attached hydrogens (tertiary/aromatic N) is 2. The zero-order valence-electron chi connectivity index (χ0n) is 9.90. The van der Waals surface area contributed by atoms with Crippen molar-refractivity contribution in [1.82, 2.24) is 26.0 Å². The van der Waals surface area contributed by atoms with Gasteiger partial charge in [0.1, 0.15) is 0 Å². The molecule has 3 N–H and O–H groups in total. The van der Waals surface area contributed by atoms with Gasteiger partial charge in [-0.1, -0.05) is 6.58 Å². The topological polar surface area (TPSA) is 82.7 Å². The summed E-state index contributed by atoms with van der Waals surface area (Å²) in [5.74, 6) is -0.324. The molecule has 0 aliphatic rings. The number of carbonyl (C=O) groups excluding carboxylic acids is 1. The monoisotopic (exact) mass is 243 g/mol. The summed E-state index contributed by atoms with van der Waals surface area (Å²) < 4.78 is 0. The summed E-state index contributed by atoms with van der Waals surface area (Å²) in [4.78, 5) is 15.6. The van der Waals surface area contributed by atoms with Gasteiger partial charge in [-0.15, -0.1) is 0 Å². The highest BCUT2D eigenvalue weighted by Gasteiger charge is 2.08. The lowest BCUT2D eigenvalue weighted by molar-refractivity contribution is 0.0937. The van der Waals surface area contributed by atoms with Crippen LogP contribution < -0.4 is 10.9 Å². The van der Waals surface area contributed by atoms with E-state index in [2.05, 4.69) is 32.6 Å². The van der Waals surface area contributed by atoms with Gasteiger partial charge in [-0.25, -0.2) is 0 Å². The number of aromatic amines is 1. The number of rotatable bonds is 4. The number of carbonyl (C=O) groups is 1. The van der Waals surface area contributed by atoms with Gasteiger partial charge in [-0.3, -0.25) is 25.7 Å². The van der Waals surface area contributed by atoms with Gasteiger partial charge in [0.2, 0.25) is 0 Å². The Balaban J connectivity index is 1.92. The standard InChI is InChI=1S/C12H13N5O/c1-8-7-11(16-14-8)12(18)17-15-9(2)10-3-5-13-6-4-10/h3-7,15H,2H2,1H3,(H,14,16)(H,17,18). The van der Waals surface area contributed by atoms with Crippen molar-refractivity contribution in [1.29, 1.82) is 0 Å². The maximum atomic E-state index is 11.7. The van der Waals surface area contributed by atoms with Gasteiger partial charge >= 0.3 is 0 Å². The molecule has 0 radical (unpaired) electrons. The number of hydrogen-bond acceptors (Lipinski definition) is 4. The Bertz CT molecular complexity index is 561. The highest BCUT2D eigenvalue weighted by atomic mass is 16.2. The maximum Gasteiger partial charge on any atom is 0.290 e. The summed E-state index contributed by atoms with van der Waals surface area (Å²) in [5, 5.41) is 6.55. The molecule has 0 atom stereocenters. The van der Waals surface area contributed by atoms with Crippen molar-refractivity contribution in [3.63, 3.8) is 0 Å². The molecule has 0 aliphatic heterocycles. The highest BCUT2D eigenvalue weighted by molar-refractivity contribution is 5.92. The third-order valence-electron chi connectivity index (χ3n) is 2.29. The van der Waals surface area contributed by atoms with Crippen LogP contribution in [0.4, 0.5) is 0 Å². The summed E-state index contributed by atoms with van der Waals surface area (Å²) in [6.07, 6.45) is 3.31. The van der Waals surface area contributed by atoms with Gasteiger partial charge in [0.15, 0.2) is 5.69 Å². The molecule has 2 rings (SSSR count). The van der Waals surface area contributed by atoms with Crippen molar-refractivity contribution in [2.24, 2.45) is 0 Å². The highest BCUT2D eigenvalue weighted by Crippen LogP contribution is 2.05. The predicted molar refractivity (Wildman–Crippen MR) is 67.2 cm³/mol. The minimum Gasteiger partial charge on any atom is -0.298 e. The first-order chi connectivity index (χ1) is 8.66. The first-order valence-electron chi connectivity index (χ1n) is 5.34. The minimum absolute atomic E-state index is 0.322. The molecular weight excluding hydrogens is 230 g/mol. The van der Waals surface area contributed by atoms with E-state index in [-0.39, 0.29) is 5.91 Å². The molecule has 2 aromatic rings. The molecule has 92 valence electrons. The summed E-state index contributed by atoms with van der Waals surface area (Å²) in [5.41, 5.74) is 7.83. The Labute approximate surface area is 104 Å². The normalized spacial score (nSPS) is 9.83. The molecule has 0 bridgehead atoms. The minimum atomic E-state index is -0.324. The lowest BCUT2D eigenvalue weighted by atomic mass is 10.2. The van der Waals surface area contributed by atoms with Crippen LogP contribution in [0, 0.1) is 6.92 Å². The van der Waals surface area contributed by atoms with Gasteiger partial charge in [0, 0.05) is 23.7 Å². The molecule has 0 spiro atoms. The number of aryl methyl sites for hydroxylation is 1. The number of amides is 1. The number of hydrogen-bond donors (Lipinski definition) is 3. The third kappa shape index (κ3) is 2.73. The summed E-state index contributed by atoms with van der Waals surface area (Å²) in [6, 6.07) is 5.24. The van der Waals surface area contributed by atoms with Crippen LogP contribution in [0.5, 0.6) is 0 Å². The summed E-state index contributed by atoms with van der Waals surface area (Å²) in [6.45, 7) is 5.64. The van der Waals surface area contributed by atoms with Gasteiger partial charge in [0.25, 0.3) is 5.91 Å². The molecule has 6 heteroatoms. The van der Waals surface area contributed by atoms with Gasteiger partial charge in [-0.05, 0) is 25.1 Å². The van der Waals surface area contributed by atoms with Gasteiger partial charge < -0.3 is 0 Å². The second-order valence-corrected chi connectivity index (χ2v) is 3.73. The molecule has 2 heterocycles. The van der Waals surface area contributed by atoms with Crippen LogP contribution in [-0.4, -0.2) is 21.1 Å². The molecule has 0 unspecified atom stereocenters. The third-order valence-corrected chi connectivity index (χ3v) is 2.29. The predicted octanol–water partition coefficient (Wildman–Crippen LogP) is 1.02. The van der Waals surface area contributed by atoms with Crippen molar-refractivity contribution >= 4 is 11.6 Å². The number of hydrazine groups is 1. The molecule has 2 aromatic heterocycles. The van der Waals surface area contributed by atoms with Crippen LogP contribution in [0.25, 0.3) is 5.70 Å². The van der Waals surface area contributed by atoms with Crippen molar-refractivity contribution in [2.45, 2.75) is 6.92 Å². The molecule has 0 aromatic carbocycles. The second kappa shape index (κ2) is 5.13. The molecule has 0 aliphatic carbocycles. The van der Waals surface area contributed by atoms with Crippen LogP contribution >= 0.6 is 0 Å². The van der Waals surface area contributed by atoms with Gasteiger partial charge in [-0.2, -0.15) is 5.10 Å². The Kier molecular flexibility index (Phi) is 3.38. The van der Waals surface area contributed by atoms with Crippen LogP contribution in [0.1, 0.15) is 21.7 Å². The van der Waals surface area contributed by atoms with Crippen molar-refractivity contribution in [3.8, 4) is 0 Å². The molecule has 18 heavy (non-hydrogen) atoms. The van der Waals surface area contributed by atoms with E-state index < -0.39 is 0 Å². The quantitative estimate of drug-likeness (QED) is 0.700. The molecule has 1 amide bonds. The summed E-state index contributed by atoms with van der Waals surface area (Å²) in [7, 11) is 0. The van der Waals surface area contributed by atoms with Crippen molar-refractivity contribution < 1.29 is 4.79 Å².